The van der Waals surface area contributed by atoms with Crippen molar-refractivity contribution in [3.63, 3.8) is 0 Å². The molecule has 2 N–H and O–H groups in total. The summed E-state index contributed by atoms with van der Waals surface area (Å²) in [6.45, 7) is 0. The quantitative estimate of drug-likeness (QED) is 0.282. The molecule has 0 spiro atoms. The van der Waals surface area contributed by atoms with Gasteiger partial charge in [0.15, 0.2) is 0 Å². The molecule has 8 heteroatoms. The van der Waals surface area contributed by atoms with Gasteiger partial charge in [-0.05, 0) is 46.9 Å². The van der Waals surface area contributed by atoms with Gasteiger partial charge in [0.05, 0.1) is 25.3 Å². The Morgan fingerprint density at radius 3 is 1.58 bits per heavy atom. The Kier molecular flexibility index (Phi) is 12.1. The Morgan fingerprint density at radius 1 is 0.639 bits per heavy atom. The molecule has 0 atom stereocenters. The third-order valence-corrected chi connectivity index (χ3v) is 5.23. The van der Waals surface area contributed by atoms with Gasteiger partial charge in [-0.25, -0.2) is 9.59 Å². The summed E-state index contributed by atoms with van der Waals surface area (Å²) >= 11 is 3.25. The summed E-state index contributed by atoms with van der Waals surface area (Å²) in [5.74, 6) is -0.621. The molecule has 184 valence electrons. The number of hydrogen-bond acceptors (Lipinski definition) is 6. The van der Waals surface area contributed by atoms with Crippen LogP contribution in [0.5, 0.6) is 0 Å². The number of esters is 2. The molecule has 0 saturated heterocycles. The monoisotopic (exact) mass is 548 g/mol. The lowest BCUT2D eigenvalue weighted by molar-refractivity contribution is 0.0592. The Hall–Kier alpha value is -3.72. The van der Waals surface area contributed by atoms with Crippen molar-refractivity contribution in [2.24, 2.45) is 0 Å². The first-order chi connectivity index (χ1) is 17.3. The summed E-state index contributed by atoms with van der Waals surface area (Å²) in [7, 11) is 1.41. The lowest BCUT2D eigenvalue weighted by atomic mass is 9.81. The van der Waals surface area contributed by atoms with E-state index in [1.165, 1.54) is 14.2 Å². The zero-order valence-corrected chi connectivity index (χ0v) is 21.5. The molecule has 0 aliphatic rings. The first kappa shape index (κ1) is 28.5. The van der Waals surface area contributed by atoms with Crippen LogP contribution in [0.15, 0.2) is 114 Å². The van der Waals surface area contributed by atoms with Crippen LogP contribution in [0.1, 0.15) is 20.7 Å². The smallest absolute Gasteiger partial charge is 0.465 e. The highest BCUT2D eigenvalue weighted by Crippen LogP contribution is 2.20. The maximum absolute atomic E-state index is 11.4. The average Bonchev–Trinajstić information content (AvgIpc) is 2.94. The summed E-state index contributed by atoms with van der Waals surface area (Å²) in [5.41, 5.74) is 3.76. The Balaban J connectivity index is 0.000000200. The second kappa shape index (κ2) is 15.3. The fraction of sp³-hybridized carbons (Fsp3) is 0.0714. The molecule has 0 aliphatic carbocycles. The normalized spacial score (nSPS) is 9.47. The number of rotatable bonds is 4. The molecule has 0 saturated carbocycles. The van der Waals surface area contributed by atoms with E-state index in [1.54, 1.807) is 48.5 Å². The number of ether oxygens (including phenoxy) is 2. The average molecular weight is 549 g/mol. The third kappa shape index (κ3) is 9.50. The van der Waals surface area contributed by atoms with Gasteiger partial charge in [-0.3, -0.25) is 0 Å². The van der Waals surface area contributed by atoms with E-state index < -0.39 is 7.12 Å². The molecule has 36 heavy (non-hydrogen) atoms. The molecule has 0 radical (unpaired) electrons. The minimum absolute atomic E-state index is 0.308. The lowest BCUT2D eigenvalue weighted by Crippen LogP contribution is -2.29. The SMILES string of the molecule is COC(=O)c1cccc(-c2ccccc2)c1.COC(=O)c1cccc(Br)c1.OB(O)c1ccccc1. The van der Waals surface area contributed by atoms with Gasteiger partial charge < -0.3 is 19.5 Å². The first-order valence-corrected chi connectivity index (χ1v) is 11.6. The molecular formula is C28H26BBrO6. The maximum Gasteiger partial charge on any atom is 0.488 e. The van der Waals surface area contributed by atoms with Gasteiger partial charge in [0.25, 0.3) is 0 Å². The van der Waals surface area contributed by atoms with Crippen LogP contribution >= 0.6 is 15.9 Å². The van der Waals surface area contributed by atoms with E-state index in [0.717, 1.165) is 15.6 Å². The van der Waals surface area contributed by atoms with Gasteiger partial charge in [-0.15, -0.1) is 0 Å². The third-order valence-electron chi connectivity index (χ3n) is 4.73. The van der Waals surface area contributed by atoms with Crippen molar-refractivity contribution >= 4 is 40.4 Å². The summed E-state index contributed by atoms with van der Waals surface area (Å²) in [4.78, 5) is 22.3. The van der Waals surface area contributed by atoms with Gasteiger partial charge in [-0.1, -0.05) is 94.8 Å². The molecule has 0 bridgehead atoms. The van der Waals surface area contributed by atoms with Crippen LogP contribution in [0.3, 0.4) is 0 Å². The first-order valence-electron chi connectivity index (χ1n) is 10.8. The fourth-order valence-electron chi connectivity index (χ4n) is 2.93. The number of hydrogen-bond donors (Lipinski definition) is 2. The number of carbonyl (C=O) groups excluding carboxylic acids is 2. The van der Waals surface area contributed by atoms with Crippen molar-refractivity contribution in [2.45, 2.75) is 0 Å². The zero-order valence-electron chi connectivity index (χ0n) is 19.9. The van der Waals surface area contributed by atoms with Crippen LogP contribution in [0, 0.1) is 0 Å². The maximum atomic E-state index is 11.4. The highest BCUT2D eigenvalue weighted by molar-refractivity contribution is 9.10. The Labute approximate surface area is 219 Å². The fourth-order valence-corrected chi connectivity index (χ4v) is 3.33. The van der Waals surface area contributed by atoms with Crippen molar-refractivity contribution in [1.29, 1.82) is 0 Å². The molecule has 0 aromatic heterocycles. The Bertz CT molecular complexity index is 1230. The Morgan fingerprint density at radius 2 is 1.11 bits per heavy atom. The van der Waals surface area contributed by atoms with Crippen molar-refractivity contribution in [1.82, 2.24) is 0 Å². The van der Waals surface area contributed by atoms with Crippen LogP contribution in [0.25, 0.3) is 11.1 Å². The van der Waals surface area contributed by atoms with Gasteiger partial charge in [-0.2, -0.15) is 0 Å². The predicted octanol–water partition coefficient (Wildman–Crippen LogP) is 4.74. The number of halogens is 1. The minimum atomic E-state index is -1.34. The van der Waals surface area contributed by atoms with Crippen LogP contribution in [0.2, 0.25) is 0 Å². The second-order valence-corrected chi connectivity index (χ2v) is 8.14. The van der Waals surface area contributed by atoms with Gasteiger partial charge in [0.2, 0.25) is 0 Å². The molecule has 6 nitrogen and oxygen atoms in total. The van der Waals surface area contributed by atoms with Crippen molar-refractivity contribution in [3.8, 4) is 11.1 Å². The van der Waals surface area contributed by atoms with E-state index in [2.05, 4.69) is 25.4 Å². The highest BCUT2D eigenvalue weighted by atomic mass is 79.9. The highest BCUT2D eigenvalue weighted by Gasteiger charge is 2.08. The van der Waals surface area contributed by atoms with E-state index >= 15 is 0 Å². The predicted molar refractivity (Wildman–Crippen MR) is 145 cm³/mol. The molecule has 0 heterocycles. The number of methoxy groups -OCH3 is 2. The van der Waals surface area contributed by atoms with Crippen molar-refractivity contribution in [3.05, 3.63) is 125 Å². The van der Waals surface area contributed by atoms with Crippen molar-refractivity contribution in [2.75, 3.05) is 14.2 Å². The number of benzene rings is 4. The molecule has 0 amide bonds. The standard InChI is InChI=1S/C14H12O2.C8H7BrO2.C6H7BO2/c1-16-14(15)13-9-5-8-12(10-13)11-6-3-2-4-7-11;1-11-8(10)6-3-2-4-7(9)5-6;8-7(9)6-4-2-1-3-5-6/h2-10H,1H3;2-5H,1H3;1-5,8-9H. The van der Waals surface area contributed by atoms with E-state index in [1.807, 2.05) is 60.7 Å². The summed E-state index contributed by atoms with van der Waals surface area (Å²) in [6, 6.07) is 33.1. The second-order valence-electron chi connectivity index (χ2n) is 7.22. The molecule has 4 aromatic carbocycles. The summed E-state index contributed by atoms with van der Waals surface area (Å²) < 4.78 is 10.1. The molecule has 4 aromatic rings. The molecular weight excluding hydrogens is 523 g/mol. The van der Waals surface area contributed by atoms with E-state index in [-0.39, 0.29) is 11.9 Å². The topological polar surface area (TPSA) is 93.1 Å². The van der Waals surface area contributed by atoms with Gasteiger partial charge in [0, 0.05) is 4.47 Å². The van der Waals surface area contributed by atoms with Crippen LogP contribution in [-0.2, 0) is 9.47 Å². The summed E-state index contributed by atoms with van der Waals surface area (Å²) in [5, 5.41) is 17.2. The van der Waals surface area contributed by atoms with E-state index in [9.17, 15) is 9.59 Å². The van der Waals surface area contributed by atoms with E-state index in [4.69, 9.17) is 10.0 Å². The largest absolute Gasteiger partial charge is 0.488 e. The van der Waals surface area contributed by atoms with Gasteiger partial charge >= 0.3 is 19.1 Å². The van der Waals surface area contributed by atoms with Crippen molar-refractivity contribution < 1.29 is 29.1 Å². The minimum Gasteiger partial charge on any atom is -0.465 e. The van der Waals surface area contributed by atoms with Crippen LogP contribution in [0.4, 0.5) is 0 Å². The lowest BCUT2D eigenvalue weighted by Gasteiger charge is -2.03. The van der Waals surface area contributed by atoms with E-state index in [0.29, 0.717) is 16.6 Å². The zero-order chi connectivity index (χ0) is 26.3. The molecule has 4 rings (SSSR count). The van der Waals surface area contributed by atoms with Crippen LogP contribution < -0.4 is 5.46 Å². The summed E-state index contributed by atoms with van der Waals surface area (Å²) in [6.07, 6.45) is 0. The van der Waals surface area contributed by atoms with Gasteiger partial charge in [0.1, 0.15) is 0 Å². The molecule has 0 fully saturated rings. The molecule has 0 aliphatic heterocycles. The van der Waals surface area contributed by atoms with Crippen LogP contribution in [-0.4, -0.2) is 43.3 Å². The number of carbonyl (C=O) groups is 2. The molecule has 0 unspecified atom stereocenters.